The van der Waals surface area contributed by atoms with Gasteiger partial charge in [-0.3, -0.25) is 9.69 Å². The maximum Gasteiger partial charge on any atom is 0.197 e. The van der Waals surface area contributed by atoms with E-state index in [9.17, 15) is 9.90 Å². The number of benzene rings is 1. The Balaban J connectivity index is 1.49. The highest BCUT2D eigenvalue weighted by molar-refractivity contribution is 5.86. The summed E-state index contributed by atoms with van der Waals surface area (Å²) in [6.07, 6.45) is 8.86. The summed E-state index contributed by atoms with van der Waals surface area (Å²) in [4.78, 5) is 14.8. The molecule has 0 saturated carbocycles. The van der Waals surface area contributed by atoms with Crippen LogP contribution in [0.4, 0.5) is 0 Å². The normalized spacial score (nSPS) is 17.6. The number of nitrogens with zero attached hydrogens (tertiary/aromatic N) is 1. The minimum absolute atomic E-state index is 0.117. The molecule has 1 aliphatic heterocycles. The summed E-state index contributed by atoms with van der Waals surface area (Å²) in [5.74, 6) is 0.895. The van der Waals surface area contributed by atoms with E-state index in [0.29, 0.717) is 23.7 Å². The third-order valence-electron chi connectivity index (χ3n) is 5.05. The number of allylic oxidation sites excluding steroid dienone is 4. The van der Waals surface area contributed by atoms with E-state index in [-0.39, 0.29) is 16.6 Å². The molecule has 1 fully saturated rings. The third kappa shape index (κ3) is 4.29. The summed E-state index contributed by atoms with van der Waals surface area (Å²) in [5, 5.41) is 10.5. The van der Waals surface area contributed by atoms with Crippen LogP contribution in [-0.2, 0) is 4.74 Å². The first-order valence-corrected chi connectivity index (χ1v) is 9.81. The number of phenolic OH excluding ortho intramolecular Hbond substituents is 1. The third-order valence-corrected chi connectivity index (χ3v) is 5.05. The zero-order valence-corrected chi connectivity index (χ0v) is 15.9. The van der Waals surface area contributed by atoms with Gasteiger partial charge in [0.25, 0.3) is 0 Å². The van der Waals surface area contributed by atoms with Crippen LogP contribution < -0.4 is 10.2 Å². The second-order valence-electron chi connectivity index (χ2n) is 7.09. The molecule has 2 aromatic rings. The lowest BCUT2D eigenvalue weighted by molar-refractivity contribution is 0.0358. The minimum atomic E-state index is -0.257. The standard InChI is InChI=1S/C22H25NO5/c24-18-13-17(27-10-4-7-23-8-11-26-12-9-23)14-21-22(18)19(25)15-20(28-21)16-5-2-1-3-6-16/h2,5-6,13-15,24H,1,3-4,7-12H2. The van der Waals surface area contributed by atoms with E-state index < -0.39 is 0 Å². The van der Waals surface area contributed by atoms with E-state index in [4.69, 9.17) is 13.9 Å². The van der Waals surface area contributed by atoms with Crippen LogP contribution in [-0.4, -0.2) is 49.5 Å². The number of morpholine rings is 1. The van der Waals surface area contributed by atoms with Gasteiger partial charge in [-0.25, -0.2) is 0 Å². The Morgan fingerprint density at radius 2 is 2.00 bits per heavy atom. The molecular formula is C22H25NO5. The van der Waals surface area contributed by atoms with Gasteiger partial charge in [-0.1, -0.05) is 18.2 Å². The Bertz CT molecular complexity index is 953. The highest BCUT2D eigenvalue weighted by Crippen LogP contribution is 2.31. The van der Waals surface area contributed by atoms with Gasteiger partial charge in [0.05, 0.1) is 19.8 Å². The molecule has 1 aliphatic carbocycles. The van der Waals surface area contributed by atoms with Gasteiger partial charge in [0.1, 0.15) is 28.2 Å². The molecule has 4 rings (SSSR count). The Labute approximate surface area is 163 Å². The Morgan fingerprint density at radius 3 is 2.79 bits per heavy atom. The van der Waals surface area contributed by atoms with Crippen LogP contribution in [0.3, 0.4) is 0 Å². The first-order valence-electron chi connectivity index (χ1n) is 9.81. The second kappa shape index (κ2) is 8.63. The Hall–Kier alpha value is -2.57. The van der Waals surface area contributed by atoms with Crippen molar-refractivity contribution in [2.24, 2.45) is 0 Å². The van der Waals surface area contributed by atoms with Crippen molar-refractivity contribution in [2.75, 3.05) is 39.5 Å². The average molecular weight is 383 g/mol. The summed E-state index contributed by atoms with van der Waals surface area (Å²) in [7, 11) is 0. The molecule has 1 aromatic carbocycles. The van der Waals surface area contributed by atoms with Gasteiger partial charge >= 0.3 is 0 Å². The van der Waals surface area contributed by atoms with Crippen LogP contribution in [0.15, 0.2) is 45.6 Å². The lowest BCUT2D eigenvalue weighted by atomic mass is 10.0. The van der Waals surface area contributed by atoms with E-state index in [1.165, 1.54) is 12.1 Å². The number of hydrogen-bond acceptors (Lipinski definition) is 6. The maximum absolute atomic E-state index is 12.5. The molecule has 1 N–H and O–H groups in total. The largest absolute Gasteiger partial charge is 0.507 e. The predicted molar refractivity (Wildman–Crippen MR) is 108 cm³/mol. The van der Waals surface area contributed by atoms with Crippen molar-refractivity contribution in [3.63, 3.8) is 0 Å². The molecule has 1 saturated heterocycles. The number of fused-ring (bicyclic) bond motifs is 1. The second-order valence-corrected chi connectivity index (χ2v) is 7.09. The molecule has 2 aliphatic rings. The topological polar surface area (TPSA) is 72.1 Å². The quantitative estimate of drug-likeness (QED) is 0.772. The summed E-state index contributed by atoms with van der Waals surface area (Å²) in [6.45, 7) is 4.95. The first kappa shape index (κ1) is 18.8. The van der Waals surface area contributed by atoms with Gasteiger partial charge < -0.3 is 19.0 Å². The molecule has 0 unspecified atom stereocenters. The molecule has 1 aromatic heterocycles. The smallest absolute Gasteiger partial charge is 0.197 e. The van der Waals surface area contributed by atoms with E-state index in [1.54, 1.807) is 6.07 Å². The summed E-state index contributed by atoms with van der Waals surface area (Å²) < 4.78 is 17.1. The van der Waals surface area contributed by atoms with E-state index in [0.717, 1.165) is 57.7 Å². The lowest BCUT2D eigenvalue weighted by Gasteiger charge is -2.26. The Morgan fingerprint density at radius 1 is 1.14 bits per heavy atom. The van der Waals surface area contributed by atoms with E-state index >= 15 is 0 Å². The number of hydrogen-bond donors (Lipinski definition) is 1. The maximum atomic E-state index is 12.5. The van der Waals surface area contributed by atoms with Crippen LogP contribution >= 0.6 is 0 Å². The molecule has 0 atom stereocenters. The molecule has 0 bridgehead atoms. The predicted octanol–water partition coefficient (Wildman–Crippen LogP) is 3.33. The fourth-order valence-corrected chi connectivity index (χ4v) is 3.57. The molecule has 6 heteroatoms. The van der Waals surface area contributed by atoms with Crippen LogP contribution in [0.25, 0.3) is 16.5 Å². The fraction of sp³-hybridized carbons (Fsp3) is 0.409. The SMILES string of the molecule is O=c1cc(C2=CCCC=C2)oc2cc(OCCCN3CCOCC3)cc(O)c12. The molecule has 148 valence electrons. The number of ether oxygens (including phenoxy) is 2. The van der Waals surface area contributed by atoms with Crippen molar-refractivity contribution in [1.29, 1.82) is 0 Å². The molecule has 2 heterocycles. The summed E-state index contributed by atoms with van der Waals surface area (Å²) >= 11 is 0. The zero-order chi connectivity index (χ0) is 19.3. The fourth-order valence-electron chi connectivity index (χ4n) is 3.57. The average Bonchev–Trinajstić information content (AvgIpc) is 2.72. The van der Waals surface area contributed by atoms with Gasteiger partial charge in [-0.15, -0.1) is 0 Å². The van der Waals surface area contributed by atoms with Crippen LogP contribution in [0.5, 0.6) is 11.5 Å². The van der Waals surface area contributed by atoms with Gasteiger partial charge in [0, 0.05) is 43.4 Å². The van der Waals surface area contributed by atoms with Gasteiger partial charge in [-0.2, -0.15) is 0 Å². The highest BCUT2D eigenvalue weighted by atomic mass is 16.5. The highest BCUT2D eigenvalue weighted by Gasteiger charge is 2.14. The molecule has 28 heavy (non-hydrogen) atoms. The zero-order valence-electron chi connectivity index (χ0n) is 15.9. The molecule has 0 amide bonds. The number of phenols is 1. The van der Waals surface area contributed by atoms with Gasteiger partial charge in [0.15, 0.2) is 5.43 Å². The van der Waals surface area contributed by atoms with E-state index in [1.807, 2.05) is 6.08 Å². The summed E-state index contributed by atoms with van der Waals surface area (Å²) in [5.41, 5.74) is 0.972. The van der Waals surface area contributed by atoms with Gasteiger partial charge in [0.2, 0.25) is 0 Å². The van der Waals surface area contributed by atoms with Crippen molar-refractivity contribution < 1.29 is 19.0 Å². The Kier molecular flexibility index (Phi) is 5.78. The molecule has 0 spiro atoms. The van der Waals surface area contributed by atoms with Crippen molar-refractivity contribution >= 4 is 16.5 Å². The van der Waals surface area contributed by atoms with Crippen molar-refractivity contribution in [1.82, 2.24) is 4.90 Å². The van der Waals surface area contributed by atoms with Crippen molar-refractivity contribution in [3.05, 3.63) is 52.4 Å². The lowest BCUT2D eigenvalue weighted by Crippen LogP contribution is -2.37. The summed E-state index contributed by atoms with van der Waals surface area (Å²) in [6, 6.07) is 4.60. The van der Waals surface area contributed by atoms with Crippen molar-refractivity contribution in [3.8, 4) is 11.5 Å². The molecule has 6 nitrogen and oxygen atoms in total. The van der Waals surface area contributed by atoms with Crippen LogP contribution in [0.2, 0.25) is 0 Å². The number of rotatable bonds is 6. The van der Waals surface area contributed by atoms with Crippen LogP contribution in [0, 0.1) is 0 Å². The number of aromatic hydroxyl groups is 1. The molecule has 0 radical (unpaired) electrons. The monoisotopic (exact) mass is 383 g/mol. The van der Waals surface area contributed by atoms with Crippen molar-refractivity contribution in [2.45, 2.75) is 19.3 Å². The van der Waals surface area contributed by atoms with Gasteiger partial charge in [-0.05, 0) is 19.3 Å². The van der Waals surface area contributed by atoms with E-state index in [2.05, 4.69) is 17.1 Å². The molecular weight excluding hydrogens is 358 g/mol. The first-order chi connectivity index (χ1) is 13.7. The van der Waals surface area contributed by atoms with Crippen LogP contribution in [0.1, 0.15) is 25.0 Å². The minimum Gasteiger partial charge on any atom is -0.507 e.